The molecule has 1 aliphatic heterocycles. The molecule has 1 aliphatic rings. The SMILES string of the molecule is CCN(Cc1cccc(F)c1)c1nc(C)c(C)c(NC2=NCSN2)n1. The summed E-state index contributed by atoms with van der Waals surface area (Å²) in [6.45, 7) is 7.23. The number of anilines is 2. The van der Waals surface area contributed by atoms with Crippen LogP contribution in [0.3, 0.4) is 0 Å². The Balaban J connectivity index is 1.87. The molecule has 0 amide bonds. The van der Waals surface area contributed by atoms with Gasteiger partial charge in [0.05, 0.1) is 0 Å². The summed E-state index contributed by atoms with van der Waals surface area (Å²) in [6.07, 6.45) is 0. The first-order valence-corrected chi connectivity index (χ1v) is 9.09. The standard InChI is InChI=1S/C17H21FN6S/c1-4-24(9-13-6-5-7-14(18)8-13)17-20-12(3)11(2)15(22-17)21-16-19-10-25-23-16/h5-8H,4,9-10H2,1-3H3,(H2,19,20,21,22,23). The summed E-state index contributed by atoms with van der Waals surface area (Å²) in [7, 11) is 0. The van der Waals surface area contributed by atoms with E-state index in [1.807, 2.05) is 31.7 Å². The highest BCUT2D eigenvalue weighted by atomic mass is 32.2. The quantitative estimate of drug-likeness (QED) is 0.798. The van der Waals surface area contributed by atoms with Crippen molar-refractivity contribution in [2.24, 2.45) is 4.99 Å². The van der Waals surface area contributed by atoms with E-state index in [4.69, 9.17) is 0 Å². The second-order valence-electron chi connectivity index (χ2n) is 5.73. The lowest BCUT2D eigenvalue weighted by Gasteiger charge is -2.23. The Bertz CT molecular complexity index is 795. The second kappa shape index (κ2) is 7.69. The number of aryl methyl sites for hydroxylation is 1. The van der Waals surface area contributed by atoms with E-state index in [-0.39, 0.29) is 5.82 Å². The van der Waals surface area contributed by atoms with Gasteiger partial charge in [0.15, 0.2) is 0 Å². The van der Waals surface area contributed by atoms with Crippen LogP contribution >= 0.6 is 11.9 Å². The van der Waals surface area contributed by atoms with E-state index >= 15 is 0 Å². The lowest BCUT2D eigenvalue weighted by molar-refractivity contribution is 0.624. The van der Waals surface area contributed by atoms with Gasteiger partial charge >= 0.3 is 0 Å². The molecule has 132 valence electrons. The number of rotatable bonds is 5. The van der Waals surface area contributed by atoms with Gasteiger partial charge in [0.1, 0.15) is 17.5 Å². The highest BCUT2D eigenvalue weighted by Gasteiger charge is 2.16. The predicted molar refractivity (Wildman–Crippen MR) is 101 cm³/mol. The van der Waals surface area contributed by atoms with Gasteiger partial charge in [0.25, 0.3) is 0 Å². The number of aromatic nitrogens is 2. The highest BCUT2D eigenvalue weighted by Crippen LogP contribution is 2.21. The third kappa shape index (κ3) is 4.19. The molecule has 2 aromatic rings. The van der Waals surface area contributed by atoms with Crippen molar-refractivity contribution in [3.05, 3.63) is 46.9 Å². The summed E-state index contributed by atoms with van der Waals surface area (Å²) in [4.78, 5) is 15.6. The number of hydrogen-bond acceptors (Lipinski definition) is 7. The fourth-order valence-corrected chi connectivity index (χ4v) is 2.97. The molecule has 0 saturated carbocycles. The molecular formula is C17H21FN6S. The first-order chi connectivity index (χ1) is 12.1. The molecule has 0 atom stereocenters. The van der Waals surface area contributed by atoms with Crippen LogP contribution in [0.5, 0.6) is 0 Å². The number of nitrogens with zero attached hydrogens (tertiary/aromatic N) is 4. The maximum Gasteiger partial charge on any atom is 0.227 e. The number of halogens is 1. The van der Waals surface area contributed by atoms with E-state index < -0.39 is 0 Å². The Morgan fingerprint density at radius 1 is 1.32 bits per heavy atom. The lowest BCUT2D eigenvalue weighted by atomic mass is 10.2. The van der Waals surface area contributed by atoms with Gasteiger partial charge in [-0.3, -0.25) is 4.72 Å². The fraction of sp³-hybridized carbons (Fsp3) is 0.353. The molecule has 0 fully saturated rings. The van der Waals surface area contributed by atoms with Crippen LogP contribution in [0.2, 0.25) is 0 Å². The summed E-state index contributed by atoms with van der Waals surface area (Å²) >= 11 is 1.52. The molecule has 1 aromatic carbocycles. The van der Waals surface area contributed by atoms with Crippen LogP contribution < -0.4 is 14.9 Å². The van der Waals surface area contributed by atoms with Crippen LogP contribution in [0.1, 0.15) is 23.7 Å². The Morgan fingerprint density at radius 3 is 2.84 bits per heavy atom. The summed E-state index contributed by atoms with van der Waals surface area (Å²) < 4.78 is 16.6. The average Bonchev–Trinajstić information content (AvgIpc) is 3.10. The maximum absolute atomic E-state index is 13.5. The minimum absolute atomic E-state index is 0.236. The molecule has 0 bridgehead atoms. The first kappa shape index (κ1) is 17.5. The van der Waals surface area contributed by atoms with Crippen LogP contribution in [0.4, 0.5) is 16.2 Å². The molecule has 3 rings (SSSR count). The van der Waals surface area contributed by atoms with E-state index in [2.05, 4.69) is 25.0 Å². The smallest absolute Gasteiger partial charge is 0.227 e. The number of guanidine groups is 1. The molecule has 2 heterocycles. The molecule has 0 aliphatic carbocycles. The van der Waals surface area contributed by atoms with Crippen molar-refractivity contribution in [3.8, 4) is 0 Å². The Kier molecular flexibility index (Phi) is 5.37. The van der Waals surface area contributed by atoms with E-state index in [0.717, 1.165) is 22.6 Å². The van der Waals surface area contributed by atoms with Gasteiger partial charge in [0.2, 0.25) is 11.9 Å². The van der Waals surface area contributed by atoms with Crippen molar-refractivity contribution in [1.82, 2.24) is 14.7 Å². The van der Waals surface area contributed by atoms with Gasteiger partial charge < -0.3 is 10.2 Å². The minimum Gasteiger partial charge on any atom is -0.337 e. The van der Waals surface area contributed by atoms with Crippen molar-refractivity contribution < 1.29 is 4.39 Å². The molecule has 8 heteroatoms. The summed E-state index contributed by atoms with van der Waals surface area (Å²) in [5.74, 6) is 2.49. The van der Waals surface area contributed by atoms with Gasteiger partial charge in [-0.2, -0.15) is 4.98 Å². The molecule has 1 aromatic heterocycles. The molecule has 0 unspecified atom stereocenters. The van der Waals surface area contributed by atoms with Crippen LogP contribution in [0.25, 0.3) is 0 Å². The Morgan fingerprint density at radius 2 is 2.16 bits per heavy atom. The number of benzene rings is 1. The molecule has 0 saturated heterocycles. The highest BCUT2D eigenvalue weighted by molar-refractivity contribution is 7.98. The summed E-state index contributed by atoms with van der Waals surface area (Å²) in [5, 5.41) is 3.22. The zero-order chi connectivity index (χ0) is 17.8. The molecule has 6 nitrogen and oxygen atoms in total. The second-order valence-corrected chi connectivity index (χ2v) is 6.48. The topological polar surface area (TPSA) is 65.4 Å². The third-order valence-electron chi connectivity index (χ3n) is 4.00. The van der Waals surface area contributed by atoms with E-state index in [1.165, 1.54) is 24.1 Å². The average molecular weight is 360 g/mol. The van der Waals surface area contributed by atoms with Crippen LogP contribution in [0, 0.1) is 19.7 Å². The summed E-state index contributed by atoms with van der Waals surface area (Å²) in [5.41, 5.74) is 2.76. The lowest BCUT2D eigenvalue weighted by Crippen LogP contribution is -2.27. The molecule has 25 heavy (non-hydrogen) atoms. The van der Waals surface area contributed by atoms with Crippen LogP contribution in [0.15, 0.2) is 29.3 Å². The predicted octanol–water partition coefficient (Wildman–Crippen LogP) is 3.24. The zero-order valence-electron chi connectivity index (χ0n) is 14.5. The third-order valence-corrected chi connectivity index (χ3v) is 4.59. The normalized spacial score (nSPS) is 13.4. The Labute approximate surface area is 151 Å². The molecular weight excluding hydrogens is 339 g/mol. The van der Waals surface area contributed by atoms with Crippen molar-refractivity contribution >= 4 is 29.7 Å². The fourth-order valence-electron chi connectivity index (χ4n) is 2.46. The molecule has 2 N–H and O–H groups in total. The van der Waals surface area contributed by atoms with Gasteiger partial charge in [-0.15, -0.1) is 0 Å². The first-order valence-electron chi connectivity index (χ1n) is 8.10. The van der Waals surface area contributed by atoms with Gasteiger partial charge in [0, 0.05) is 24.3 Å². The van der Waals surface area contributed by atoms with Crippen LogP contribution in [-0.4, -0.2) is 28.3 Å². The van der Waals surface area contributed by atoms with Gasteiger partial charge in [-0.05, 0) is 50.4 Å². The van der Waals surface area contributed by atoms with E-state index in [1.54, 1.807) is 6.07 Å². The van der Waals surface area contributed by atoms with Crippen molar-refractivity contribution in [2.45, 2.75) is 27.3 Å². The number of hydrogen-bond donors (Lipinski definition) is 2. The van der Waals surface area contributed by atoms with Gasteiger partial charge in [-0.1, -0.05) is 12.1 Å². The number of aliphatic imine (C=N–C) groups is 1. The van der Waals surface area contributed by atoms with E-state index in [0.29, 0.717) is 30.9 Å². The maximum atomic E-state index is 13.5. The largest absolute Gasteiger partial charge is 0.337 e. The molecule has 0 radical (unpaired) electrons. The molecule has 0 spiro atoms. The number of nitrogens with one attached hydrogen (secondary N) is 2. The van der Waals surface area contributed by atoms with E-state index in [9.17, 15) is 4.39 Å². The minimum atomic E-state index is -0.236. The van der Waals surface area contributed by atoms with Crippen LogP contribution in [-0.2, 0) is 6.54 Å². The van der Waals surface area contributed by atoms with Crippen molar-refractivity contribution in [1.29, 1.82) is 0 Å². The summed E-state index contributed by atoms with van der Waals surface area (Å²) in [6, 6.07) is 6.60. The monoisotopic (exact) mass is 360 g/mol. The zero-order valence-corrected chi connectivity index (χ0v) is 15.3. The van der Waals surface area contributed by atoms with Crippen molar-refractivity contribution in [3.63, 3.8) is 0 Å². The van der Waals surface area contributed by atoms with Crippen molar-refractivity contribution in [2.75, 3.05) is 22.6 Å². The Hall–Kier alpha value is -2.35. The van der Waals surface area contributed by atoms with Gasteiger partial charge in [-0.25, -0.2) is 14.4 Å².